The summed E-state index contributed by atoms with van der Waals surface area (Å²) in [6.45, 7) is 1.91. The fourth-order valence-electron chi connectivity index (χ4n) is 4.77. The summed E-state index contributed by atoms with van der Waals surface area (Å²) in [7, 11) is 1.30. The van der Waals surface area contributed by atoms with Gasteiger partial charge in [0.05, 0.1) is 24.8 Å². The summed E-state index contributed by atoms with van der Waals surface area (Å²) < 4.78 is 4.69. The van der Waals surface area contributed by atoms with Gasteiger partial charge in [-0.1, -0.05) is 31.4 Å². The third kappa shape index (κ3) is 4.81. The molecule has 1 heterocycles. The van der Waals surface area contributed by atoms with Crippen molar-refractivity contribution in [2.24, 2.45) is 0 Å². The number of hydrogen-bond donors (Lipinski definition) is 1. The molecule has 0 spiro atoms. The van der Waals surface area contributed by atoms with E-state index in [0.717, 1.165) is 37.7 Å². The largest absolute Gasteiger partial charge is 0.465 e. The van der Waals surface area contributed by atoms with Crippen LogP contribution >= 0.6 is 0 Å². The molecule has 4 rings (SSSR count). The van der Waals surface area contributed by atoms with Crippen LogP contribution in [0, 0.1) is 6.92 Å². The smallest absolute Gasteiger partial charge is 0.337 e. The highest BCUT2D eigenvalue weighted by Crippen LogP contribution is 2.33. The third-order valence-electron chi connectivity index (χ3n) is 6.45. The second-order valence-corrected chi connectivity index (χ2v) is 8.83. The first-order valence-electron chi connectivity index (χ1n) is 11.6. The zero-order valence-electron chi connectivity index (χ0n) is 19.5. The number of esters is 1. The molecule has 8 heteroatoms. The van der Waals surface area contributed by atoms with Crippen molar-refractivity contribution in [2.75, 3.05) is 17.3 Å². The first-order chi connectivity index (χ1) is 16.4. The Morgan fingerprint density at radius 2 is 1.74 bits per heavy atom. The average Bonchev–Trinajstić information content (AvgIpc) is 3.08. The van der Waals surface area contributed by atoms with E-state index in [1.54, 1.807) is 41.3 Å². The standard InChI is InChI=1S/C26H29N3O5/c1-17-7-6-10-21(15-17)29-24(31)22(28(26(29)33)20-8-4-3-5-9-20)16-23(30)27-19-13-11-18(12-14-19)25(32)34-2/h6-7,10-15,20,22H,3-5,8-9,16H2,1-2H3,(H,27,30)/t22-/m1/s1. The molecule has 1 N–H and O–H groups in total. The van der Waals surface area contributed by atoms with Crippen LogP contribution in [0.5, 0.6) is 0 Å². The van der Waals surface area contributed by atoms with E-state index < -0.39 is 12.0 Å². The summed E-state index contributed by atoms with van der Waals surface area (Å²) in [6, 6.07) is 12.3. The number of imide groups is 1. The molecule has 0 radical (unpaired) electrons. The lowest BCUT2D eigenvalue weighted by Gasteiger charge is -2.33. The third-order valence-corrected chi connectivity index (χ3v) is 6.45. The Bertz CT molecular complexity index is 1090. The van der Waals surface area contributed by atoms with Crippen LogP contribution in [-0.4, -0.2) is 47.9 Å². The summed E-state index contributed by atoms with van der Waals surface area (Å²) in [6.07, 6.45) is 4.63. The number of benzene rings is 2. The molecule has 0 bridgehead atoms. The molecule has 1 saturated carbocycles. The van der Waals surface area contributed by atoms with Gasteiger partial charge >= 0.3 is 12.0 Å². The van der Waals surface area contributed by atoms with Crippen LogP contribution in [-0.2, 0) is 14.3 Å². The van der Waals surface area contributed by atoms with Crippen molar-refractivity contribution in [1.29, 1.82) is 0 Å². The summed E-state index contributed by atoms with van der Waals surface area (Å²) >= 11 is 0. The number of hydrogen-bond acceptors (Lipinski definition) is 5. The van der Waals surface area contributed by atoms with Crippen molar-refractivity contribution in [1.82, 2.24) is 4.90 Å². The Kier molecular flexibility index (Phi) is 6.95. The average molecular weight is 464 g/mol. The van der Waals surface area contributed by atoms with Crippen molar-refractivity contribution >= 4 is 35.2 Å². The lowest BCUT2D eigenvalue weighted by molar-refractivity contribution is -0.125. The Labute approximate surface area is 198 Å². The van der Waals surface area contributed by atoms with E-state index in [2.05, 4.69) is 10.1 Å². The van der Waals surface area contributed by atoms with Gasteiger partial charge in [-0.2, -0.15) is 0 Å². The highest BCUT2D eigenvalue weighted by Gasteiger charge is 2.49. The second-order valence-electron chi connectivity index (χ2n) is 8.83. The number of nitrogens with zero attached hydrogens (tertiary/aromatic N) is 2. The van der Waals surface area contributed by atoms with E-state index in [9.17, 15) is 19.2 Å². The van der Waals surface area contributed by atoms with Gasteiger partial charge < -0.3 is 15.0 Å². The number of carbonyl (C=O) groups is 4. The van der Waals surface area contributed by atoms with Crippen LogP contribution in [0.1, 0.15) is 54.4 Å². The quantitative estimate of drug-likeness (QED) is 0.510. The maximum Gasteiger partial charge on any atom is 0.337 e. The maximum absolute atomic E-state index is 13.5. The highest BCUT2D eigenvalue weighted by molar-refractivity contribution is 6.22. The van der Waals surface area contributed by atoms with Gasteiger partial charge in [-0.25, -0.2) is 14.5 Å². The predicted molar refractivity (Wildman–Crippen MR) is 128 cm³/mol. The number of nitrogens with one attached hydrogen (secondary N) is 1. The van der Waals surface area contributed by atoms with Crippen LogP contribution in [0.25, 0.3) is 0 Å². The number of amides is 4. The SMILES string of the molecule is COC(=O)c1ccc(NC(=O)C[C@@H]2C(=O)N(c3cccc(C)c3)C(=O)N2C2CCCCC2)cc1. The molecule has 2 aromatic carbocycles. The summed E-state index contributed by atoms with van der Waals surface area (Å²) in [5.74, 6) is -1.21. The molecule has 34 heavy (non-hydrogen) atoms. The van der Waals surface area contributed by atoms with Gasteiger partial charge in [0.1, 0.15) is 6.04 Å². The molecule has 0 aromatic heterocycles. The van der Waals surface area contributed by atoms with E-state index >= 15 is 0 Å². The maximum atomic E-state index is 13.5. The molecule has 8 nitrogen and oxygen atoms in total. The Morgan fingerprint density at radius 1 is 1.03 bits per heavy atom. The van der Waals surface area contributed by atoms with Gasteiger partial charge in [0.2, 0.25) is 5.91 Å². The lowest BCUT2D eigenvalue weighted by atomic mass is 9.93. The molecule has 1 aliphatic carbocycles. The number of carbonyl (C=O) groups excluding carboxylic acids is 4. The number of rotatable bonds is 6. The number of ether oxygens (including phenoxy) is 1. The molecule has 178 valence electrons. The fraction of sp³-hybridized carbons (Fsp3) is 0.385. The van der Waals surface area contributed by atoms with Crippen molar-refractivity contribution < 1.29 is 23.9 Å². The normalized spacial score (nSPS) is 18.8. The van der Waals surface area contributed by atoms with Crippen LogP contribution in [0.15, 0.2) is 48.5 Å². The van der Waals surface area contributed by atoms with E-state index in [4.69, 9.17) is 0 Å². The molecular weight excluding hydrogens is 434 g/mol. The number of aryl methyl sites for hydroxylation is 1. The van der Waals surface area contributed by atoms with Crippen LogP contribution in [0.4, 0.5) is 16.2 Å². The van der Waals surface area contributed by atoms with Gasteiger partial charge in [0.25, 0.3) is 5.91 Å². The molecular formula is C26H29N3O5. The minimum Gasteiger partial charge on any atom is -0.465 e. The second kappa shape index (κ2) is 10.1. The first kappa shape index (κ1) is 23.5. The van der Waals surface area contributed by atoms with Crippen molar-refractivity contribution in [3.8, 4) is 0 Å². The minimum atomic E-state index is -0.856. The molecule has 2 fully saturated rings. The van der Waals surface area contributed by atoms with Gasteiger partial charge in [-0.05, 0) is 61.7 Å². The predicted octanol–water partition coefficient (Wildman–Crippen LogP) is 4.28. The minimum absolute atomic E-state index is 0.0582. The number of anilines is 2. The van der Waals surface area contributed by atoms with Crippen molar-refractivity contribution in [2.45, 2.75) is 57.5 Å². The summed E-state index contributed by atoms with van der Waals surface area (Å²) in [4.78, 5) is 54.3. The summed E-state index contributed by atoms with van der Waals surface area (Å²) in [5.41, 5.74) is 2.33. The van der Waals surface area contributed by atoms with Gasteiger partial charge in [-0.3, -0.25) is 9.59 Å². The van der Waals surface area contributed by atoms with E-state index in [1.807, 2.05) is 19.1 Å². The van der Waals surface area contributed by atoms with Crippen molar-refractivity contribution in [3.63, 3.8) is 0 Å². The molecule has 1 aliphatic heterocycles. The van der Waals surface area contributed by atoms with E-state index in [1.165, 1.54) is 12.0 Å². The van der Waals surface area contributed by atoms with Crippen LogP contribution in [0.2, 0.25) is 0 Å². The molecule has 2 aromatic rings. The van der Waals surface area contributed by atoms with E-state index in [0.29, 0.717) is 16.9 Å². The Morgan fingerprint density at radius 3 is 2.38 bits per heavy atom. The van der Waals surface area contributed by atoms with Crippen molar-refractivity contribution in [3.05, 3.63) is 59.7 Å². The van der Waals surface area contributed by atoms with Gasteiger partial charge in [-0.15, -0.1) is 0 Å². The Balaban J connectivity index is 1.54. The van der Waals surface area contributed by atoms with Crippen LogP contribution in [0.3, 0.4) is 0 Å². The molecule has 1 atom stereocenters. The highest BCUT2D eigenvalue weighted by atomic mass is 16.5. The first-order valence-corrected chi connectivity index (χ1v) is 11.6. The molecule has 0 unspecified atom stereocenters. The Hall–Kier alpha value is -3.68. The van der Waals surface area contributed by atoms with Gasteiger partial charge in [0.15, 0.2) is 0 Å². The lowest BCUT2D eigenvalue weighted by Crippen LogP contribution is -2.45. The van der Waals surface area contributed by atoms with Gasteiger partial charge in [0, 0.05) is 11.7 Å². The fourth-order valence-corrected chi connectivity index (χ4v) is 4.77. The number of urea groups is 1. The van der Waals surface area contributed by atoms with E-state index in [-0.39, 0.29) is 30.3 Å². The molecule has 1 saturated heterocycles. The zero-order valence-corrected chi connectivity index (χ0v) is 19.5. The number of methoxy groups -OCH3 is 1. The van der Waals surface area contributed by atoms with Crippen LogP contribution < -0.4 is 10.2 Å². The molecule has 2 aliphatic rings. The molecule has 4 amide bonds. The topological polar surface area (TPSA) is 96.0 Å². The zero-order chi connectivity index (χ0) is 24.2. The summed E-state index contributed by atoms with van der Waals surface area (Å²) in [5, 5.41) is 2.78. The monoisotopic (exact) mass is 463 g/mol.